The monoisotopic (exact) mass is 267 g/mol. The number of anilines is 1. The van der Waals surface area contributed by atoms with Crippen molar-refractivity contribution in [2.75, 3.05) is 18.0 Å². The van der Waals surface area contributed by atoms with Gasteiger partial charge in [0.2, 0.25) is 5.91 Å². The maximum Gasteiger partial charge on any atom is 0.244 e. The second-order valence-electron chi connectivity index (χ2n) is 4.68. The normalized spacial score (nSPS) is 24.0. The quantitative estimate of drug-likeness (QED) is 0.849. The van der Waals surface area contributed by atoms with Gasteiger partial charge in [-0.25, -0.2) is 0 Å². The minimum atomic E-state index is -0.328. The van der Waals surface area contributed by atoms with Crippen molar-refractivity contribution in [3.8, 4) is 0 Å². The molecular weight excluding hydrogens is 250 g/mol. The second kappa shape index (κ2) is 5.16. The Morgan fingerprint density at radius 3 is 2.94 bits per heavy atom. The van der Waals surface area contributed by atoms with Crippen LogP contribution in [0.15, 0.2) is 18.2 Å². The third kappa shape index (κ3) is 2.31. The van der Waals surface area contributed by atoms with Gasteiger partial charge >= 0.3 is 0 Å². The highest BCUT2D eigenvalue weighted by atomic mass is 35.5. The lowest BCUT2D eigenvalue weighted by Gasteiger charge is -2.42. The average molecular weight is 268 g/mol. The van der Waals surface area contributed by atoms with E-state index in [1.165, 1.54) is 0 Å². The lowest BCUT2D eigenvalue weighted by Crippen LogP contribution is -2.62. The summed E-state index contributed by atoms with van der Waals surface area (Å²) in [5.41, 5.74) is 7.82. The number of halogens is 1. The van der Waals surface area contributed by atoms with Crippen LogP contribution in [-0.4, -0.2) is 31.1 Å². The molecule has 1 heterocycles. The number of nitrogens with two attached hydrogens (primary N) is 1. The molecule has 1 aromatic carbocycles. The molecule has 98 valence electrons. The Hall–Kier alpha value is -1.26. The Balaban J connectivity index is 2.44. The number of aryl methyl sites for hydroxylation is 1. The van der Waals surface area contributed by atoms with E-state index in [4.69, 9.17) is 17.3 Å². The van der Waals surface area contributed by atoms with Crippen molar-refractivity contribution in [2.24, 2.45) is 5.73 Å². The highest BCUT2D eigenvalue weighted by Crippen LogP contribution is 2.28. The minimum Gasteiger partial charge on any atom is -0.354 e. The largest absolute Gasteiger partial charge is 0.354 e. The molecule has 4 nitrogen and oxygen atoms in total. The Labute approximate surface area is 112 Å². The zero-order valence-electron chi connectivity index (χ0n) is 10.6. The molecule has 0 radical (unpaired) electrons. The third-order valence-electron chi connectivity index (χ3n) is 3.36. The molecule has 5 heteroatoms. The van der Waals surface area contributed by atoms with Crippen molar-refractivity contribution in [1.82, 2.24) is 5.32 Å². The summed E-state index contributed by atoms with van der Waals surface area (Å²) >= 11 is 6.05. The van der Waals surface area contributed by atoms with Crippen LogP contribution in [0.4, 0.5) is 5.69 Å². The predicted octanol–water partition coefficient (Wildman–Crippen LogP) is 1.30. The molecule has 2 rings (SSSR count). The first-order chi connectivity index (χ1) is 8.54. The van der Waals surface area contributed by atoms with Crippen molar-refractivity contribution in [3.63, 3.8) is 0 Å². The summed E-state index contributed by atoms with van der Waals surface area (Å²) in [5.74, 6) is -0.0185. The van der Waals surface area contributed by atoms with E-state index in [9.17, 15) is 4.79 Å². The molecule has 18 heavy (non-hydrogen) atoms. The maximum atomic E-state index is 11.9. The van der Waals surface area contributed by atoms with Crippen molar-refractivity contribution in [1.29, 1.82) is 0 Å². The molecule has 0 saturated carbocycles. The maximum absolute atomic E-state index is 11.9. The highest BCUT2D eigenvalue weighted by molar-refractivity contribution is 6.30. The number of benzene rings is 1. The molecule has 3 N–H and O–H groups in total. The minimum absolute atomic E-state index is 0.0185. The van der Waals surface area contributed by atoms with E-state index in [-0.39, 0.29) is 18.0 Å². The highest BCUT2D eigenvalue weighted by Gasteiger charge is 2.33. The van der Waals surface area contributed by atoms with Crippen LogP contribution < -0.4 is 16.0 Å². The zero-order chi connectivity index (χ0) is 13.3. The summed E-state index contributed by atoms with van der Waals surface area (Å²) in [5, 5.41) is 3.54. The number of piperazine rings is 1. The van der Waals surface area contributed by atoms with E-state index in [0.29, 0.717) is 18.1 Å². The van der Waals surface area contributed by atoms with E-state index < -0.39 is 0 Å². The molecule has 2 unspecified atom stereocenters. The van der Waals surface area contributed by atoms with Gasteiger partial charge in [-0.1, -0.05) is 17.7 Å². The number of carbonyl (C=O) groups excluding carboxylic acids is 1. The first-order valence-electron chi connectivity index (χ1n) is 6.07. The molecule has 2 atom stereocenters. The van der Waals surface area contributed by atoms with Crippen LogP contribution in [0.2, 0.25) is 5.02 Å². The number of nitrogens with zero attached hydrogens (tertiary/aromatic N) is 1. The lowest BCUT2D eigenvalue weighted by molar-refractivity contribution is -0.123. The van der Waals surface area contributed by atoms with Crippen LogP contribution in [0, 0.1) is 6.92 Å². The predicted molar refractivity (Wildman–Crippen MR) is 74.0 cm³/mol. The Bertz CT molecular complexity index is 464. The van der Waals surface area contributed by atoms with Gasteiger partial charge in [-0.3, -0.25) is 4.79 Å². The first-order valence-corrected chi connectivity index (χ1v) is 6.44. The molecule has 0 spiro atoms. The van der Waals surface area contributed by atoms with Gasteiger partial charge in [0, 0.05) is 29.8 Å². The lowest BCUT2D eigenvalue weighted by atomic mass is 10.0. The molecule has 0 aliphatic carbocycles. The Morgan fingerprint density at radius 1 is 1.56 bits per heavy atom. The Kier molecular flexibility index (Phi) is 3.78. The molecule has 1 saturated heterocycles. The third-order valence-corrected chi connectivity index (χ3v) is 3.59. The van der Waals surface area contributed by atoms with Gasteiger partial charge in [0.1, 0.15) is 6.04 Å². The van der Waals surface area contributed by atoms with E-state index in [2.05, 4.69) is 17.1 Å². The second-order valence-corrected chi connectivity index (χ2v) is 5.12. The standard InChI is InChI=1S/C13H18ClN3O/c1-8-3-4-10(14)5-11(8)17-9(2)7-16-13(18)12(17)6-15/h3-5,9,12H,6-7,15H2,1-2H3,(H,16,18). The average Bonchev–Trinajstić information content (AvgIpc) is 2.35. The summed E-state index contributed by atoms with van der Waals surface area (Å²) in [6.45, 7) is 5.00. The molecule has 1 aliphatic rings. The van der Waals surface area contributed by atoms with Crippen molar-refractivity contribution in [2.45, 2.75) is 25.9 Å². The summed E-state index contributed by atoms with van der Waals surface area (Å²) in [6, 6.07) is 5.59. The van der Waals surface area contributed by atoms with Gasteiger partial charge < -0.3 is 16.0 Å². The van der Waals surface area contributed by atoms with Crippen LogP contribution in [0.3, 0.4) is 0 Å². The van der Waals surface area contributed by atoms with Crippen LogP contribution in [-0.2, 0) is 4.79 Å². The Morgan fingerprint density at radius 2 is 2.28 bits per heavy atom. The van der Waals surface area contributed by atoms with Gasteiger partial charge in [0.15, 0.2) is 0 Å². The van der Waals surface area contributed by atoms with Gasteiger partial charge in [-0.15, -0.1) is 0 Å². The molecule has 1 amide bonds. The van der Waals surface area contributed by atoms with Crippen LogP contribution >= 0.6 is 11.6 Å². The molecule has 0 aromatic heterocycles. The number of hydrogen-bond donors (Lipinski definition) is 2. The van der Waals surface area contributed by atoms with Gasteiger partial charge in [0.25, 0.3) is 0 Å². The summed E-state index contributed by atoms with van der Waals surface area (Å²) in [7, 11) is 0. The molecule has 0 bridgehead atoms. The fourth-order valence-electron chi connectivity index (χ4n) is 2.38. The van der Waals surface area contributed by atoms with E-state index in [1.807, 2.05) is 25.1 Å². The molecule has 1 fully saturated rings. The number of hydrogen-bond acceptors (Lipinski definition) is 3. The number of carbonyl (C=O) groups is 1. The first kappa shape index (κ1) is 13.2. The van der Waals surface area contributed by atoms with Gasteiger partial charge in [0.05, 0.1) is 0 Å². The van der Waals surface area contributed by atoms with Crippen LogP contribution in [0.25, 0.3) is 0 Å². The summed E-state index contributed by atoms with van der Waals surface area (Å²) < 4.78 is 0. The van der Waals surface area contributed by atoms with E-state index in [1.54, 1.807) is 0 Å². The van der Waals surface area contributed by atoms with Crippen LogP contribution in [0.1, 0.15) is 12.5 Å². The van der Waals surface area contributed by atoms with Gasteiger partial charge in [-0.2, -0.15) is 0 Å². The molecule has 1 aromatic rings. The van der Waals surface area contributed by atoms with E-state index >= 15 is 0 Å². The number of rotatable bonds is 2. The summed E-state index contributed by atoms with van der Waals surface area (Å²) in [6.07, 6.45) is 0. The fourth-order valence-corrected chi connectivity index (χ4v) is 2.55. The van der Waals surface area contributed by atoms with Crippen molar-refractivity contribution >= 4 is 23.2 Å². The van der Waals surface area contributed by atoms with Gasteiger partial charge in [-0.05, 0) is 31.5 Å². The molecule has 1 aliphatic heterocycles. The summed E-state index contributed by atoms with van der Waals surface area (Å²) in [4.78, 5) is 14.0. The smallest absolute Gasteiger partial charge is 0.244 e. The topological polar surface area (TPSA) is 58.4 Å². The number of nitrogens with one attached hydrogen (secondary N) is 1. The fraction of sp³-hybridized carbons (Fsp3) is 0.462. The number of amides is 1. The van der Waals surface area contributed by atoms with Crippen molar-refractivity contribution < 1.29 is 4.79 Å². The van der Waals surface area contributed by atoms with Crippen LogP contribution in [0.5, 0.6) is 0 Å². The zero-order valence-corrected chi connectivity index (χ0v) is 11.4. The SMILES string of the molecule is Cc1ccc(Cl)cc1N1C(C)CNC(=O)C1CN. The molecular formula is C13H18ClN3O. The van der Waals surface area contributed by atoms with E-state index in [0.717, 1.165) is 11.3 Å². The van der Waals surface area contributed by atoms with Crippen molar-refractivity contribution in [3.05, 3.63) is 28.8 Å².